The molecule has 0 bridgehead atoms. The Bertz CT molecular complexity index is 394. The van der Waals surface area contributed by atoms with Crippen LogP contribution in [0.3, 0.4) is 0 Å². The topological polar surface area (TPSA) is 57.0 Å². The number of aryl methyl sites for hydroxylation is 1. The summed E-state index contributed by atoms with van der Waals surface area (Å²) in [4.78, 5) is 4.18. The highest BCUT2D eigenvalue weighted by atomic mass is 79.9. The van der Waals surface area contributed by atoms with Crippen LogP contribution in [0.4, 0.5) is 0 Å². The Morgan fingerprint density at radius 1 is 1.64 bits per heavy atom. The van der Waals surface area contributed by atoms with Crippen LogP contribution in [0.5, 0.6) is 0 Å². The van der Waals surface area contributed by atoms with E-state index in [1.54, 1.807) is 12.6 Å². The van der Waals surface area contributed by atoms with Gasteiger partial charge in [0.1, 0.15) is 0 Å². The van der Waals surface area contributed by atoms with Gasteiger partial charge in [0, 0.05) is 18.8 Å². The average molecular weight is 256 g/mol. The Balaban J connectivity index is 2.28. The minimum atomic E-state index is -0.230. The van der Waals surface area contributed by atoms with Gasteiger partial charge in [0.15, 0.2) is 4.67 Å². The maximum Gasteiger partial charge on any atom is 0.169 e. The second-order valence-electron chi connectivity index (χ2n) is 3.13. The molecule has 4 nitrogen and oxygen atoms in total. The van der Waals surface area contributed by atoms with Crippen LogP contribution in [-0.2, 0) is 7.05 Å². The summed E-state index contributed by atoms with van der Waals surface area (Å²) in [5, 5.41) is 0. The average Bonchev–Trinajstić information content (AvgIpc) is 2.73. The van der Waals surface area contributed by atoms with E-state index in [2.05, 4.69) is 20.9 Å². The lowest BCUT2D eigenvalue weighted by Crippen LogP contribution is -2.11. The summed E-state index contributed by atoms with van der Waals surface area (Å²) in [6, 6.07) is 1.62. The van der Waals surface area contributed by atoms with Crippen molar-refractivity contribution in [3.05, 3.63) is 40.8 Å². The van der Waals surface area contributed by atoms with Gasteiger partial charge in [-0.1, -0.05) is 0 Å². The number of halogens is 1. The van der Waals surface area contributed by atoms with E-state index >= 15 is 0 Å². The summed E-state index contributed by atoms with van der Waals surface area (Å²) in [7, 11) is 1.91. The maximum absolute atomic E-state index is 5.99. The van der Waals surface area contributed by atoms with Crippen molar-refractivity contribution in [2.45, 2.75) is 6.04 Å². The van der Waals surface area contributed by atoms with Crippen LogP contribution >= 0.6 is 15.9 Å². The quantitative estimate of drug-likeness (QED) is 0.891. The fourth-order valence-electron chi connectivity index (χ4n) is 1.25. The van der Waals surface area contributed by atoms with Crippen molar-refractivity contribution in [1.82, 2.24) is 9.55 Å². The number of aromatic nitrogens is 2. The number of furan rings is 1. The monoisotopic (exact) mass is 255 g/mol. The fourth-order valence-corrected chi connectivity index (χ4v) is 1.61. The van der Waals surface area contributed by atoms with Gasteiger partial charge >= 0.3 is 0 Å². The minimum Gasteiger partial charge on any atom is -0.457 e. The van der Waals surface area contributed by atoms with Crippen molar-refractivity contribution >= 4 is 15.9 Å². The third-order valence-electron chi connectivity index (χ3n) is 1.99. The van der Waals surface area contributed by atoms with Gasteiger partial charge in [0.2, 0.25) is 0 Å². The zero-order chi connectivity index (χ0) is 10.1. The first-order chi connectivity index (χ1) is 6.66. The van der Waals surface area contributed by atoms with Crippen LogP contribution in [0, 0.1) is 0 Å². The van der Waals surface area contributed by atoms with Gasteiger partial charge in [-0.05, 0) is 22.0 Å². The fraction of sp³-hybridized carbons (Fsp3) is 0.222. The van der Waals surface area contributed by atoms with E-state index in [-0.39, 0.29) is 6.04 Å². The molecule has 0 radical (unpaired) electrons. The summed E-state index contributed by atoms with van der Waals surface area (Å²) >= 11 is 3.23. The van der Waals surface area contributed by atoms with Crippen LogP contribution in [-0.4, -0.2) is 9.55 Å². The lowest BCUT2D eigenvalue weighted by atomic mass is 10.1. The molecule has 0 aliphatic rings. The zero-order valence-electron chi connectivity index (χ0n) is 7.64. The standard InChI is InChI=1S/C9H10BrN3O/c1-13-3-7(12-5-13)9(11)6-2-8(10)14-4-6/h2-5,9H,11H2,1H3. The lowest BCUT2D eigenvalue weighted by Gasteiger charge is -2.03. The molecule has 0 saturated carbocycles. The van der Waals surface area contributed by atoms with E-state index in [9.17, 15) is 0 Å². The van der Waals surface area contributed by atoms with Crippen molar-refractivity contribution in [2.75, 3.05) is 0 Å². The first-order valence-corrected chi connectivity index (χ1v) is 4.93. The summed E-state index contributed by atoms with van der Waals surface area (Å²) in [6.45, 7) is 0. The van der Waals surface area contributed by atoms with E-state index < -0.39 is 0 Å². The van der Waals surface area contributed by atoms with Gasteiger partial charge in [-0.15, -0.1) is 0 Å². The van der Waals surface area contributed by atoms with Crippen LogP contribution in [0.1, 0.15) is 17.3 Å². The molecule has 0 aliphatic carbocycles. The normalized spacial score (nSPS) is 13.1. The van der Waals surface area contributed by atoms with Gasteiger partial charge < -0.3 is 14.7 Å². The third-order valence-corrected chi connectivity index (χ3v) is 2.41. The molecule has 0 spiro atoms. The van der Waals surface area contributed by atoms with Gasteiger partial charge in [-0.3, -0.25) is 0 Å². The number of nitrogens with zero attached hydrogens (tertiary/aromatic N) is 2. The molecule has 2 rings (SSSR count). The predicted molar refractivity (Wildman–Crippen MR) is 55.6 cm³/mol. The Morgan fingerprint density at radius 3 is 2.93 bits per heavy atom. The van der Waals surface area contributed by atoms with E-state index in [0.29, 0.717) is 4.67 Å². The number of hydrogen-bond acceptors (Lipinski definition) is 3. The molecule has 0 aliphatic heterocycles. The van der Waals surface area contributed by atoms with Gasteiger partial charge in [0.25, 0.3) is 0 Å². The Hall–Kier alpha value is -1.07. The Kier molecular flexibility index (Phi) is 2.43. The van der Waals surface area contributed by atoms with Gasteiger partial charge in [-0.2, -0.15) is 0 Å². The molecular weight excluding hydrogens is 246 g/mol. The van der Waals surface area contributed by atoms with Crippen molar-refractivity contribution in [1.29, 1.82) is 0 Å². The summed E-state index contributed by atoms with van der Waals surface area (Å²) in [5.41, 5.74) is 7.73. The second kappa shape index (κ2) is 3.59. The van der Waals surface area contributed by atoms with Crippen molar-refractivity contribution < 1.29 is 4.42 Å². The van der Waals surface area contributed by atoms with Gasteiger partial charge in [0.05, 0.1) is 24.3 Å². The van der Waals surface area contributed by atoms with Crippen molar-refractivity contribution in [2.24, 2.45) is 12.8 Å². The third kappa shape index (κ3) is 1.73. The molecule has 0 fully saturated rings. The summed E-state index contributed by atoms with van der Waals surface area (Å²) in [6.07, 6.45) is 5.25. The van der Waals surface area contributed by atoms with E-state index in [1.165, 1.54) is 0 Å². The smallest absolute Gasteiger partial charge is 0.169 e. The van der Waals surface area contributed by atoms with E-state index in [4.69, 9.17) is 10.2 Å². The molecule has 2 aromatic heterocycles. The SMILES string of the molecule is Cn1cnc(C(N)c2coc(Br)c2)c1. The second-order valence-corrected chi connectivity index (χ2v) is 3.91. The van der Waals surface area contributed by atoms with Crippen LogP contribution in [0.15, 0.2) is 33.9 Å². The summed E-state index contributed by atoms with van der Waals surface area (Å²) in [5.74, 6) is 0. The first kappa shape index (κ1) is 9.48. The molecule has 2 heterocycles. The largest absolute Gasteiger partial charge is 0.457 e. The molecule has 74 valence electrons. The van der Waals surface area contributed by atoms with E-state index in [0.717, 1.165) is 11.3 Å². The number of nitrogens with two attached hydrogens (primary N) is 1. The highest BCUT2D eigenvalue weighted by Crippen LogP contribution is 2.22. The molecule has 2 aromatic rings. The van der Waals surface area contributed by atoms with Gasteiger partial charge in [-0.25, -0.2) is 4.98 Å². The zero-order valence-corrected chi connectivity index (χ0v) is 9.23. The van der Waals surface area contributed by atoms with Crippen molar-refractivity contribution in [3.8, 4) is 0 Å². The highest BCUT2D eigenvalue weighted by molar-refractivity contribution is 9.10. The predicted octanol–water partition coefficient (Wildman–Crippen LogP) is 1.82. The van der Waals surface area contributed by atoms with Crippen molar-refractivity contribution in [3.63, 3.8) is 0 Å². The molecule has 1 atom stereocenters. The van der Waals surface area contributed by atoms with E-state index in [1.807, 2.05) is 23.9 Å². The maximum atomic E-state index is 5.99. The molecule has 1 unspecified atom stereocenters. The molecule has 0 saturated heterocycles. The first-order valence-electron chi connectivity index (χ1n) is 4.14. The molecule has 14 heavy (non-hydrogen) atoms. The number of hydrogen-bond donors (Lipinski definition) is 1. The molecule has 2 N–H and O–H groups in total. The Morgan fingerprint density at radius 2 is 2.43 bits per heavy atom. The minimum absolute atomic E-state index is 0.230. The highest BCUT2D eigenvalue weighted by Gasteiger charge is 2.13. The molecular formula is C9H10BrN3O. The van der Waals surface area contributed by atoms with Crippen LogP contribution in [0.25, 0.3) is 0 Å². The molecule has 0 amide bonds. The molecule has 0 aromatic carbocycles. The number of rotatable bonds is 2. The summed E-state index contributed by atoms with van der Waals surface area (Å²) < 4.78 is 7.66. The van der Waals surface area contributed by atoms with Crippen LogP contribution in [0.2, 0.25) is 0 Å². The lowest BCUT2D eigenvalue weighted by molar-refractivity contribution is 0.537. The Labute approximate surface area is 89.9 Å². The molecule has 5 heteroatoms. The van der Waals surface area contributed by atoms with Crippen LogP contribution < -0.4 is 5.73 Å². The number of imidazole rings is 1.